The van der Waals surface area contributed by atoms with Crippen LogP contribution in [0.15, 0.2) is 0 Å². The van der Waals surface area contributed by atoms with Gasteiger partial charge in [0.25, 0.3) is 0 Å². The van der Waals surface area contributed by atoms with E-state index in [9.17, 15) is 4.79 Å². The van der Waals surface area contributed by atoms with Gasteiger partial charge < -0.3 is 15.8 Å². The van der Waals surface area contributed by atoms with Crippen LogP contribution in [0.5, 0.6) is 0 Å². The Labute approximate surface area is 115 Å². The number of carbonyl (C=O) groups is 1. The molecule has 0 spiro atoms. The van der Waals surface area contributed by atoms with Crippen LogP contribution in [0, 0.1) is 5.92 Å². The molecule has 19 heavy (non-hydrogen) atoms. The average molecular weight is 269 g/mol. The molecule has 2 atom stereocenters. The topological polar surface area (TPSA) is 67.6 Å². The van der Waals surface area contributed by atoms with E-state index < -0.39 is 0 Å². The molecule has 0 aromatic heterocycles. The Morgan fingerprint density at radius 1 is 1.32 bits per heavy atom. The van der Waals surface area contributed by atoms with Gasteiger partial charge in [-0.15, -0.1) is 0 Å². The quantitative estimate of drug-likeness (QED) is 0.706. The molecule has 1 aliphatic carbocycles. The molecule has 5 heteroatoms. The third-order valence-corrected chi connectivity index (χ3v) is 4.14. The second-order valence-electron chi connectivity index (χ2n) is 5.72. The highest BCUT2D eigenvalue weighted by molar-refractivity contribution is 5.78. The molecule has 1 saturated heterocycles. The number of amides is 1. The van der Waals surface area contributed by atoms with Gasteiger partial charge in [0.1, 0.15) is 0 Å². The monoisotopic (exact) mass is 269 g/mol. The maximum absolute atomic E-state index is 12.0. The van der Waals surface area contributed by atoms with Gasteiger partial charge in [-0.1, -0.05) is 6.42 Å². The van der Waals surface area contributed by atoms with Gasteiger partial charge in [0.15, 0.2) is 0 Å². The number of hydrogen-bond donors (Lipinski definition) is 2. The summed E-state index contributed by atoms with van der Waals surface area (Å²) in [6.45, 7) is 5.55. The summed E-state index contributed by atoms with van der Waals surface area (Å²) in [5, 5.41) is 3.06. The first-order valence-electron chi connectivity index (χ1n) is 7.59. The SMILES string of the molecule is NC1CCCC(C(=O)NCCCN2CCOCC2)C1. The van der Waals surface area contributed by atoms with Crippen LogP contribution < -0.4 is 11.1 Å². The van der Waals surface area contributed by atoms with Crippen LogP contribution in [0.1, 0.15) is 32.1 Å². The van der Waals surface area contributed by atoms with Gasteiger partial charge in [-0.25, -0.2) is 0 Å². The van der Waals surface area contributed by atoms with Gasteiger partial charge in [0.2, 0.25) is 5.91 Å². The highest BCUT2D eigenvalue weighted by Crippen LogP contribution is 2.22. The zero-order valence-electron chi connectivity index (χ0n) is 11.8. The summed E-state index contributed by atoms with van der Waals surface area (Å²) in [7, 11) is 0. The fourth-order valence-electron chi connectivity index (χ4n) is 2.95. The lowest BCUT2D eigenvalue weighted by molar-refractivity contribution is -0.126. The van der Waals surface area contributed by atoms with E-state index in [1.807, 2.05) is 0 Å². The predicted octanol–water partition coefficient (Wildman–Crippen LogP) is 0.342. The molecule has 1 heterocycles. The molecule has 2 fully saturated rings. The van der Waals surface area contributed by atoms with Crippen molar-refractivity contribution >= 4 is 5.91 Å². The van der Waals surface area contributed by atoms with E-state index in [0.29, 0.717) is 0 Å². The van der Waals surface area contributed by atoms with E-state index in [1.54, 1.807) is 0 Å². The van der Waals surface area contributed by atoms with Gasteiger partial charge in [-0.3, -0.25) is 9.69 Å². The summed E-state index contributed by atoms with van der Waals surface area (Å²) in [4.78, 5) is 14.4. The molecule has 5 nitrogen and oxygen atoms in total. The van der Waals surface area contributed by atoms with Crippen molar-refractivity contribution in [3.63, 3.8) is 0 Å². The number of morpholine rings is 1. The molecule has 1 saturated carbocycles. The van der Waals surface area contributed by atoms with Crippen LogP contribution in [0.2, 0.25) is 0 Å². The third kappa shape index (κ3) is 5.09. The summed E-state index contributed by atoms with van der Waals surface area (Å²) in [5.41, 5.74) is 5.92. The fraction of sp³-hybridized carbons (Fsp3) is 0.929. The second-order valence-corrected chi connectivity index (χ2v) is 5.72. The number of carbonyl (C=O) groups excluding carboxylic acids is 1. The molecule has 1 amide bonds. The number of ether oxygens (including phenoxy) is 1. The number of nitrogens with one attached hydrogen (secondary N) is 1. The largest absolute Gasteiger partial charge is 0.379 e. The standard InChI is InChI=1S/C14H27N3O2/c15-13-4-1-3-12(11-13)14(18)16-5-2-6-17-7-9-19-10-8-17/h12-13H,1-11,15H2,(H,16,18). The van der Waals surface area contributed by atoms with Crippen LogP contribution in [-0.4, -0.2) is 56.2 Å². The van der Waals surface area contributed by atoms with Crippen LogP contribution in [0.25, 0.3) is 0 Å². The lowest BCUT2D eigenvalue weighted by Crippen LogP contribution is -2.40. The highest BCUT2D eigenvalue weighted by Gasteiger charge is 2.24. The number of hydrogen-bond acceptors (Lipinski definition) is 4. The second kappa shape index (κ2) is 7.82. The summed E-state index contributed by atoms with van der Waals surface area (Å²) in [5.74, 6) is 0.351. The van der Waals surface area contributed by atoms with E-state index in [1.165, 1.54) is 0 Å². The molecule has 1 aliphatic heterocycles. The van der Waals surface area contributed by atoms with Crippen molar-refractivity contribution in [3.8, 4) is 0 Å². The minimum absolute atomic E-state index is 0.145. The van der Waals surface area contributed by atoms with Gasteiger partial charge >= 0.3 is 0 Å². The maximum atomic E-state index is 12.0. The molecule has 2 aliphatic rings. The first-order valence-corrected chi connectivity index (χ1v) is 7.59. The molecule has 110 valence electrons. The predicted molar refractivity (Wildman–Crippen MR) is 74.8 cm³/mol. The lowest BCUT2D eigenvalue weighted by atomic mass is 9.85. The molecule has 3 N–H and O–H groups in total. The highest BCUT2D eigenvalue weighted by atomic mass is 16.5. The summed E-state index contributed by atoms with van der Waals surface area (Å²) in [6, 6.07) is 0.220. The van der Waals surface area contributed by atoms with Crippen molar-refractivity contribution in [3.05, 3.63) is 0 Å². The van der Waals surface area contributed by atoms with E-state index in [0.717, 1.165) is 71.5 Å². The van der Waals surface area contributed by atoms with Crippen LogP contribution in [0.3, 0.4) is 0 Å². The smallest absolute Gasteiger partial charge is 0.223 e. The lowest BCUT2D eigenvalue weighted by Gasteiger charge is -2.27. The molecule has 0 bridgehead atoms. The Hall–Kier alpha value is -0.650. The van der Waals surface area contributed by atoms with Gasteiger partial charge in [-0.05, 0) is 32.2 Å². The van der Waals surface area contributed by atoms with Gasteiger partial charge in [0, 0.05) is 31.6 Å². The van der Waals surface area contributed by atoms with E-state index in [4.69, 9.17) is 10.5 Å². The van der Waals surface area contributed by atoms with Crippen LogP contribution in [-0.2, 0) is 9.53 Å². The minimum Gasteiger partial charge on any atom is -0.379 e. The molecule has 0 aromatic carbocycles. The van der Waals surface area contributed by atoms with E-state index in [-0.39, 0.29) is 17.9 Å². The molecule has 0 aromatic rings. The van der Waals surface area contributed by atoms with Crippen LogP contribution >= 0.6 is 0 Å². The third-order valence-electron chi connectivity index (χ3n) is 4.14. The summed E-state index contributed by atoms with van der Waals surface area (Å²) < 4.78 is 5.31. The van der Waals surface area contributed by atoms with Gasteiger partial charge in [0.05, 0.1) is 13.2 Å². The van der Waals surface area contributed by atoms with Gasteiger partial charge in [-0.2, -0.15) is 0 Å². The van der Waals surface area contributed by atoms with Crippen molar-refractivity contribution in [1.82, 2.24) is 10.2 Å². The Morgan fingerprint density at radius 3 is 2.84 bits per heavy atom. The minimum atomic E-state index is 0.145. The zero-order valence-corrected chi connectivity index (χ0v) is 11.8. The molecule has 0 radical (unpaired) electrons. The summed E-state index contributed by atoms with van der Waals surface area (Å²) >= 11 is 0. The summed E-state index contributed by atoms with van der Waals surface area (Å²) in [6.07, 6.45) is 5.04. The van der Waals surface area contributed by atoms with Crippen molar-refractivity contribution in [2.45, 2.75) is 38.1 Å². The van der Waals surface area contributed by atoms with Crippen molar-refractivity contribution in [2.24, 2.45) is 11.7 Å². The number of nitrogens with zero attached hydrogens (tertiary/aromatic N) is 1. The normalized spacial score (nSPS) is 29.1. The van der Waals surface area contributed by atoms with E-state index >= 15 is 0 Å². The number of rotatable bonds is 5. The zero-order chi connectivity index (χ0) is 13.5. The average Bonchev–Trinajstić information content (AvgIpc) is 2.44. The fourth-order valence-corrected chi connectivity index (χ4v) is 2.95. The number of nitrogens with two attached hydrogens (primary N) is 1. The Morgan fingerprint density at radius 2 is 2.11 bits per heavy atom. The molecular formula is C14H27N3O2. The van der Waals surface area contributed by atoms with Crippen LogP contribution in [0.4, 0.5) is 0 Å². The van der Waals surface area contributed by atoms with Crippen molar-refractivity contribution in [2.75, 3.05) is 39.4 Å². The maximum Gasteiger partial charge on any atom is 0.223 e. The Kier molecular flexibility index (Phi) is 6.07. The first-order chi connectivity index (χ1) is 9.25. The Balaban J connectivity index is 1.55. The first kappa shape index (κ1) is 14.8. The molecular weight excluding hydrogens is 242 g/mol. The molecule has 2 rings (SSSR count). The van der Waals surface area contributed by atoms with Crippen molar-refractivity contribution in [1.29, 1.82) is 0 Å². The Bertz CT molecular complexity index is 280. The van der Waals surface area contributed by atoms with Crippen molar-refractivity contribution < 1.29 is 9.53 Å². The van der Waals surface area contributed by atoms with E-state index in [2.05, 4.69) is 10.2 Å². The molecule has 2 unspecified atom stereocenters.